The van der Waals surface area contributed by atoms with Crippen molar-refractivity contribution >= 4 is 45.1 Å². The predicted octanol–water partition coefficient (Wildman–Crippen LogP) is 3.87. The summed E-state index contributed by atoms with van der Waals surface area (Å²) in [7, 11) is 1.28. The molecular weight excluding hydrogens is 466 g/mol. The monoisotopic (exact) mass is 483 g/mol. The number of Topliss-reactive ketones (excluding diaryl/α,β-unsaturated/α-hetero) is 1. The van der Waals surface area contributed by atoms with Gasteiger partial charge < -0.3 is 14.6 Å². The molecule has 7 nitrogen and oxygen atoms in total. The summed E-state index contributed by atoms with van der Waals surface area (Å²) in [5, 5.41) is 9.07. The van der Waals surface area contributed by atoms with Crippen LogP contribution in [0.3, 0.4) is 0 Å². The highest BCUT2D eigenvalue weighted by Crippen LogP contribution is 2.50. The van der Waals surface area contributed by atoms with Crippen molar-refractivity contribution in [3.8, 4) is 5.75 Å². The number of nitrogens with zero attached hydrogens (tertiary/aromatic N) is 1. The van der Waals surface area contributed by atoms with Crippen molar-refractivity contribution in [3.63, 3.8) is 0 Å². The molecule has 2 aliphatic rings. The van der Waals surface area contributed by atoms with Gasteiger partial charge in [-0.1, -0.05) is 40.2 Å². The number of ketones is 1. The number of carboxylic acid groups (broad SMARTS) is 1. The van der Waals surface area contributed by atoms with E-state index in [1.807, 2.05) is 12.1 Å². The molecular formula is C23H18BrNO6. The van der Waals surface area contributed by atoms with Crippen LogP contribution in [0.15, 0.2) is 57.5 Å². The maximum atomic E-state index is 13.4. The number of rotatable bonds is 5. The lowest BCUT2D eigenvalue weighted by atomic mass is 9.75. The minimum absolute atomic E-state index is 0.218. The zero-order valence-electron chi connectivity index (χ0n) is 16.7. The van der Waals surface area contributed by atoms with E-state index in [1.54, 1.807) is 37.3 Å². The Morgan fingerprint density at radius 1 is 1.16 bits per heavy atom. The summed E-state index contributed by atoms with van der Waals surface area (Å²) >= 11 is 3.43. The summed E-state index contributed by atoms with van der Waals surface area (Å²) in [5.41, 5.74) is 3.13. The molecule has 0 fully saturated rings. The Kier molecular flexibility index (Phi) is 5.49. The lowest BCUT2D eigenvalue weighted by Gasteiger charge is -2.31. The highest BCUT2D eigenvalue weighted by molar-refractivity contribution is 9.10. The number of hydrogen-bond donors (Lipinski definition) is 1. The molecule has 2 aromatic carbocycles. The number of carboxylic acids is 1. The number of methoxy groups -OCH3 is 1. The first kappa shape index (κ1) is 21.0. The van der Waals surface area contributed by atoms with Gasteiger partial charge in [-0.25, -0.2) is 4.79 Å². The van der Waals surface area contributed by atoms with Gasteiger partial charge in [-0.3, -0.25) is 14.6 Å². The van der Waals surface area contributed by atoms with Gasteiger partial charge in [0, 0.05) is 38.4 Å². The first-order valence-electron chi connectivity index (χ1n) is 9.48. The Labute approximate surface area is 186 Å². The van der Waals surface area contributed by atoms with Crippen LogP contribution < -0.4 is 4.74 Å². The van der Waals surface area contributed by atoms with Gasteiger partial charge in [0.25, 0.3) is 0 Å². The molecule has 0 amide bonds. The first-order chi connectivity index (χ1) is 14.8. The molecule has 4 rings (SSSR count). The maximum absolute atomic E-state index is 13.4. The van der Waals surface area contributed by atoms with E-state index in [2.05, 4.69) is 20.9 Å². The van der Waals surface area contributed by atoms with Crippen LogP contribution in [0.5, 0.6) is 5.75 Å². The van der Waals surface area contributed by atoms with E-state index in [9.17, 15) is 14.4 Å². The van der Waals surface area contributed by atoms with Gasteiger partial charge in [0.2, 0.25) is 0 Å². The van der Waals surface area contributed by atoms with Crippen molar-refractivity contribution in [2.45, 2.75) is 12.8 Å². The van der Waals surface area contributed by atoms with Crippen molar-refractivity contribution in [1.82, 2.24) is 0 Å². The minimum Gasteiger partial charge on any atom is -0.482 e. The van der Waals surface area contributed by atoms with Gasteiger partial charge in [0.1, 0.15) is 11.7 Å². The Morgan fingerprint density at radius 2 is 1.87 bits per heavy atom. The standard InChI is InChI=1S/C23H18BrNO6/c1-11-18(23(29)30-2)19(15-9-12(24)7-8-16(15)31-10-17(26)27)20-21(25-11)13-5-3-4-6-14(13)22(20)28/h3-9,18-19H,10H2,1-2H3,(H,26,27). The highest BCUT2D eigenvalue weighted by Gasteiger charge is 2.47. The second kappa shape index (κ2) is 8.11. The van der Waals surface area contributed by atoms with Crippen LogP contribution in [0.4, 0.5) is 0 Å². The molecule has 1 heterocycles. The zero-order chi connectivity index (χ0) is 22.3. The molecule has 0 radical (unpaired) electrons. The molecule has 158 valence electrons. The lowest BCUT2D eigenvalue weighted by Crippen LogP contribution is -2.34. The van der Waals surface area contributed by atoms with Gasteiger partial charge >= 0.3 is 11.9 Å². The van der Waals surface area contributed by atoms with E-state index < -0.39 is 30.4 Å². The molecule has 2 aromatic rings. The molecule has 2 unspecified atom stereocenters. The van der Waals surface area contributed by atoms with E-state index in [0.717, 1.165) is 0 Å². The molecule has 31 heavy (non-hydrogen) atoms. The van der Waals surface area contributed by atoms with Crippen molar-refractivity contribution in [2.75, 3.05) is 13.7 Å². The molecule has 0 bridgehead atoms. The molecule has 0 aromatic heterocycles. The zero-order valence-corrected chi connectivity index (χ0v) is 18.3. The van der Waals surface area contributed by atoms with E-state index >= 15 is 0 Å². The normalized spacial score (nSPS) is 19.5. The molecule has 1 aliphatic heterocycles. The van der Waals surface area contributed by atoms with Crippen molar-refractivity contribution in [1.29, 1.82) is 0 Å². The second-order valence-electron chi connectivity index (χ2n) is 7.23. The molecule has 1 N–H and O–H groups in total. The van der Waals surface area contributed by atoms with Gasteiger partial charge in [-0.2, -0.15) is 0 Å². The summed E-state index contributed by atoms with van der Waals surface area (Å²) in [4.78, 5) is 41.9. The molecule has 0 saturated carbocycles. The summed E-state index contributed by atoms with van der Waals surface area (Å²) in [6.45, 7) is 1.16. The molecule has 1 aliphatic carbocycles. The van der Waals surface area contributed by atoms with E-state index in [0.29, 0.717) is 38.1 Å². The quantitative estimate of drug-likeness (QED) is 0.647. The summed E-state index contributed by atoms with van der Waals surface area (Å²) in [6, 6.07) is 12.2. The average Bonchev–Trinajstić information content (AvgIpc) is 3.03. The summed E-state index contributed by atoms with van der Waals surface area (Å²) in [5.74, 6) is -3.22. The largest absolute Gasteiger partial charge is 0.482 e. The number of esters is 1. The third-order valence-corrected chi connectivity index (χ3v) is 5.92. The fourth-order valence-corrected chi connectivity index (χ4v) is 4.53. The number of fused-ring (bicyclic) bond motifs is 2. The third kappa shape index (κ3) is 3.57. The number of aliphatic carboxylic acids is 1. The fourth-order valence-electron chi connectivity index (χ4n) is 4.15. The van der Waals surface area contributed by atoms with Gasteiger partial charge in [-0.05, 0) is 25.1 Å². The van der Waals surface area contributed by atoms with E-state index in [1.165, 1.54) is 7.11 Å². The number of carbonyl (C=O) groups is 3. The van der Waals surface area contributed by atoms with Crippen LogP contribution in [-0.4, -0.2) is 42.3 Å². The number of benzene rings is 2. The maximum Gasteiger partial charge on any atom is 0.341 e. The molecule has 0 saturated heterocycles. The van der Waals surface area contributed by atoms with E-state index in [-0.39, 0.29) is 11.5 Å². The fraction of sp³-hybridized carbons (Fsp3) is 0.217. The van der Waals surface area contributed by atoms with Crippen molar-refractivity contribution < 1.29 is 29.0 Å². The van der Waals surface area contributed by atoms with Crippen LogP contribution >= 0.6 is 15.9 Å². The first-order valence-corrected chi connectivity index (χ1v) is 10.3. The van der Waals surface area contributed by atoms with Crippen LogP contribution in [0, 0.1) is 5.92 Å². The number of allylic oxidation sites excluding steroid dienone is 1. The number of ether oxygens (including phenoxy) is 2. The second-order valence-corrected chi connectivity index (χ2v) is 8.15. The lowest BCUT2D eigenvalue weighted by molar-refractivity contribution is -0.143. The Morgan fingerprint density at radius 3 is 2.55 bits per heavy atom. The van der Waals surface area contributed by atoms with Gasteiger partial charge in [-0.15, -0.1) is 0 Å². The average molecular weight is 484 g/mol. The smallest absolute Gasteiger partial charge is 0.341 e. The van der Waals surface area contributed by atoms with Crippen LogP contribution in [0.25, 0.3) is 5.70 Å². The predicted molar refractivity (Wildman–Crippen MR) is 116 cm³/mol. The molecule has 2 atom stereocenters. The molecule has 8 heteroatoms. The van der Waals surface area contributed by atoms with Crippen LogP contribution in [0.2, 0.25) is 0 Å². The summed E-state index contributed by atoms with van der Waals surface area (Å²) in [6.07, 6.45) is 0. The van der Waals surface area contributed by atoms with Crippen molar-refractivity contribution in [2.24, 2.45) is 10.9 Å². The van der Waals surface area contributed by atoms with Crippen LogP contribution in [-0.2, 0) is 14.3 Å². The van der Waals surface area contributed by atoms with E-state index in [4.69, 9.17) is 14.6 Å². The minimum atomic E-state index is -1.14. The number of hydrogen-bond acceptors (Lipinski definition) is 6. The topological polar surface area (TPSA) is 102 Å². The van der Waals surface area contributed by atoms with Gasteiger partial charge in [0.05, 0.1) is 12.8 Å². The van der Waals surface area contributed by atoms with Crippen molar-refractivity contribution in [3.05, 3.63) is 69.2 Å². The Bertz CT molecular complexity index is 1180. The van der Waals surface area contributed by atoms with Crippen LogP contribution in [0.1, 0.15) is 34.3 Å². The number of halogens is 1. The molecule has 0 spiro atoms. The number of aliphatic imine (C=N–C) groups is 1. The van der Waals surface area contributed by atoms with Gasteiger partial charge in [0.15, 0.2) is 12.4 Å². The third-order valence-electron chi connectivity index (χ3n) is 5.42. The Hall–Kier alpha value is -3.26. The highest BCUT2D eigenvalue weighted by atomic mass is 79.9. The SMILES string of the molecule is COC(=O)C1C(C)=NC2=C(C(=O)c3ccccc32)C1c1cc(Br)ccc1OCC(=O)O. The Balaban J connectivity index is 1.95. The summed E-state index contributed by atoms with van der Waals surface area (Å²) < 4.78 is 11.3. The number of carbonyl (C=O) groups excluding carboxylic acids is 2.